The second-order valence-electron chi connectivity index (χ2n) is 11.3. The number of carbonyl (C=O) groups is 2. The van der Waals surface area contributed by atoms with Crippen LogP contribution in [-0.2, 0) is 31.6 Å². The Morgan fingerprint density at radius 2 is 1.64 bits per heavy atom. The van der Waals surface area contributed by atoms with Crippen molar-refractivity contribution in [3.63, 3.8) is 0 Å². The molecule has 0 bridgehead atoms. The van der Waals surface area contributed by atoms with Gasteiger partial charge in [-0.25, -0.2) is 8.42 Å². The van der Waals surface area contributed by atoms with Crippen LogP contribution < -0.4 is 9.62 Å². The third-order valence-electron chi connectivity index (χ3n) is 7.12. The lowest BCUT2D eigenvalue weighted by Gasteiger charge is -2.33. The third-order valence-corrected chi connectivity index (χ3v) is 9.00. The van der Waals surface area contributed by atoms with E-state index in [2.05, 4.69) is 26.1 Å². The minimum atomic E-state index is -3.80. The Bertz CT molecular complexity index is 1270. The summed E-state index contributed by atoms with van der Waals surface area (Å²) in [6, 6.07) is 11.5. The average molecular weight is 597 g/mol. The van der Waals surface area contributed by atoms with Crippen molar-refractivity contribution in [3.05, 3.63) is 63.6 Å². The zero-order chi connectivity index (χ0) is 29.0. The molecule has 1 aliphatic rings. The van der Waals surface area contributed by atoms with Crippen LogP contribution in [0.25, 0.3) is 0 Å². The Balaban J connectivity index is 1.94. The molecule has 0 aliphatic heterocycles. The van der Waals surface area contributed by atoms with Crippen molar-refractivity contribution < 1.29 is 18.0 Å². The van der Waals surface area contributed by atoms with Gasteiger partial charge in [-0.05, 0) is 60.1 Å². The summed E-state index contributed by atoms with van der Waals surface area (Å²) in [5, 5.41) is 3.81. The highest BCUT2D eigenvalue weighted by molar-refractivity contribution is 7.92. The standard InChI is InChI=1S/C29H39Cl2N3O4S/c1-6-26(28(36)32-22-9-7-8-10-22)33(18-20-11-16-24(30)25(31)17-20)27(35)19-34(39(5,37)38)23-14-12-21(13-15-23)29(2,3)4/h11-17,22,26H,6-10,18-19H2,1-5H3,(H,32,36)/t26-/m1/s1. The first-order valence-electron chi connectivity index (χ1n) is 13.3. The van der Waals surface area contributed by atoms with Crippen molar-refractivity contribution in [2.45, 2.75) is 83.8 Å². The number of benzene rings is 2. The predicted molar refractivity (Wildman–Crippen MR) is 159 cm³/mol. The lowest BCUT2D eigenvalue weighted by Crippen LogP contribution is -2.53. The van der Waals surface area contributed by atoms with Crippen molar-refractivity contribution >= 4 is 50.7 Å². The molecule has 7 nitrogen and oxygen atoms in total. The zero-order valence-corrected chi connectivity index (χ0v) is 25.7. The number of halogens is 2. The van der Waals surface area contributed by atoms with Gasteiger partial charge in [-0.2, -0.15) is 0 Å². The van der Waals surface area contributed by atoms with Gasteiger partial charge in [-0.15, -0.1) is 0 Å². The van der Waals surface area contributed by atoms with E-state index in [0.29, 0.717) is 27.7 Å². The molecule has 2 aromatic rings. The first-order chi connectivity index (χ1) is 18.2. The van der Waals surface area contributed by atoms with Gasteiger partial charge >= 0.3 is 0 Å². The van der Waals surface area contributed by atoms with Crippen molar-refractivity contribution in [1.82, 2.24) is 10.2 Å². The first kappa shape index (κ1) is 31.2. The van der Waals surface area contributed by atoms with Gasteiger partial charge in [0.1, 0.15) is 12.6 Å². The summed E-state index contributed by atoms with van der Waals surface area (Å²) in [5.74, 6) is -0.724. The highest BCUT2D eigenvalue weighted by Gasteiger charge is 2.33. The number of nitrogens with zero attached hydrogens (tertiary/aromatic N) is 2. The molecule has 2 amide bonds. The Hall–Kier alpha value is -2.29. The molecule has 0 aromatic heterocycles. The third kappa shape index (κ3) is 8.35. The number of anilines is 1. The summed E-state index contributed by atoms with van der Waals surface area (Å²) in [7, 11) is -3.80. The topological polar surface area (TPSA) is 86.8 Å². The van der Waals surface area contributed by atoms with Crippen LogP contribution in [0.2, 0.25) is 10.0 Å². The maximum absolute atomic E-state index is 13.9. The first-order valence-corrected chi connectivity index (χ1v) is 15.9. The second kappa shape index (κ2) is 12.9. The molecule has 1 fully saturated rings. The smallest absolute Gasteiger partial charge is 0.244 e. The van der Waals surface area contributed by atoms with Crippen LogP contribution in [0.15, 0.2) is 42.5 Å². The average Bonchev–Trinajstić information content (AvgIpc) is 3.36. The summed E-state index contributed by atoms with van der Waals surface area (Å²) in [4.78, 5) is 28.7. The number of nitrogens with one attached hydrogen (secondary N) is 1. The van der Waals surface area contributed by atoms with Crippen LogP contribution in [0.1, 0.15) is 70.9 Å². The van der Waals surface area contributed by atoms with E-state index in [1.54, 1.807) is 30.3 Å². The lowest BCUT2D eigenvalue weighted by atomic mass is 9.87. The van der Waals surface area contributed by atoms with Crippen molar-refractivity contribution in [2.24, 2.45) is 0 Å². The second-order valence-corrected chi connectivity index (χ2v) is 14.0. The maximum Gasteiger partial charge on any atom is 0.244 e. The van der Waals surface area contributed by atoms with Crippen LogP contribution in [-0.4, -0.2) is 50.0 Å². The van der Waals surface area contributed by atoms with Crippen molar-refractivity contribution in [1.29, 1.82) is 0 Å². The highest BCUT2D eigenvalue weighted by Crippen LogP contribution is 2.27. The highest BCUT2D eigenvalue weighted by atomic mass is 35.5. The molecule has 39 heavy (non-hydrogen) atoms. The Kier molecular flexibility index (Phi) is 10.3. The fraction of sp³-hybridized carbons (Fsp3) is 0.517. The Morgan fingerprint density at radius 3 is 2.15 bits per heavy atom. The van der Waals surface area contributed by atoms with Crippen LogP contribution in [0.4, 0.5) is 5.69 Å². The van der Waals surface area contributed by atoms with Gasteiger partial charge in [0, 0.05) is 12.6 Å². The number of carbonyl (C=O) groups excluding carboxylic acids is 2. The largest absolute Gasteiger partial charge is 0.352 e. The summed E-state index contributed by atoms with van der Waals surface area (Å²) in [6.45, 7) is 7.69. The van der Waals surface area contributed by atoms with E-state index < -0.39 is 28.5 Å². The number of hydrogen-bond acceptors (Lipinski definition) is 4. The summed E-state index contributed by atoms with van der Waals surface area (Å²) >= 11 is 12.3. The quantitative estimate of drug-likeness (QED) is 0.369. The monoisotopic (exact) mass is 595 g/mol. The van der Waals surface area contributed by atoms with Crippen LogP contribution in [0.5, 0.6) is 0 Å². The molecule has 2 aromatic carbocycles. The van der Waals surface area contributed by atoms with Gasteiger partial charge < -0.3 is 10.2 Å². The molecule has 214 valence electrons. The molecule has 0 radical (unpaired) electrons. The molecular weight excluding hydrogens is 557 g/mol. The van der Waals surface area contributed by atoms with E-state index in [-0.39, 0.29) is 23.9 Å². The summed E-state index contributed by atoms with van der Waals surface area (Å²) in [6.07, 6.45) is 5.39. The molecule has 0 heterocycles. The van der Waals surface area contributed by atoms with Gasteiger partial charge in [-0.3, -0.25) is 13.9 Å². The van der Waals surface area contributed by atoms with Gasteiger partial charge in [0.15, 0.2) is 0 Å². The van der Waals surface area contributed by atoms with E-state index in [0.717, 1.165) is 41.8 Å². The minimum absolute atomic E-state index is 0.0763. The lowest BCUT2D eigenvalue weighted by molar-refractivity contribution is -0.140. The minimum Gasteiger partial charge on any atom is -0.352 e. The molecule has 3 rings (SSSR count). The van der Waals surface area contributed by atoms with Crippen molar-refractivity contribution in [3.8, 4) is 0 Å². The van der Waals surface area contributed by atoms with Crippen LogP contribution >= 0.6 is 23.2 Å². The number of hydrogen-bond donors (Lipinski definition) is 1. The number of amides is 2. The molecule has 0 unspecified atom stereocenters. The molecule has 0 saturated heterocycles. The molecule has 1 saturated carbocycles. The number of sulfonamides is 1. The summed E-state index contributed by atoms with van der Waals surface area (Å²) < 4.78 is 26.8. The SMILES string of the molecule is CC[C@H](C(=O)NC1CCCC1)N(Cc1ccc(Cl)c(Cl)c1)C(=O)CN(c1ccc(C(C)(C)C)cc1)S(C)(=O)=O. The molecule has 1 aliphatic carbocycles. The Morgan fingerprint density at radius 1 is 1.03 bits per heavy atom. The summed E-state index contributed by atoms with van der Waals surface area (Å²) in [5.41, 5.74) is 2.01. The van der Waals surface area contributed by atoms with Gasteiger partial charge in [0.2, 0.25) is 21.8 Å². The van der Waals surface area contributed by atoms with E-state index in [4.69, 9.17) is 23.2 Å². The molecule has 1 atom stereocenters. The van der Waals surface area contributed by atoms with E-state index in [1.165, 1.54) is 4.90 Å². The van der Waals surface area contributed by atoms with Gasteiger partial charge in [0.05, 0.1) is 22.0 Å². The maximum atomic E-state index is 13.9. The van der Waals surface area contributed by atoms with Crippen molar-refractivity contribution in [2.75, 3.05) is 17.1 Å². The predicted octanol–water partition coefficient (Wildman–Crippen LogP) is 5.92. The van der Waals surface area contributed by atoms with E-state index in [9.17, 15) is 18.0 Å². The molecule has 1 N–H and O–H groups in total. The molecule has 10 heteroatoms. The van der Waals surface area contributed by atoms with E-state index >= 15 is 0 Å². The van der Waals surface area contributed by atoms with Gasteiger partial charge in [0.25, 0.3) is 0 Å². The van der Waals surface area contributed by atoms with Gasteiger partial charge in [-0.1, -0.05) is 81.9 Å². The number of rotatable bonds is 10. The molecular formula is C29H39Cl2N3O4S. The Labute approximate surface area is 242 Å². The fourth-order valence-corrected chi connectivity index (χ4v) is 6.03. The zero-order valence-electron chi connectivity index (χ0n) is 23.3. The van der Waals surface area contributed by atoms with Crippen LogP contribution in [0.3, 0.4) is 0 Å². The molecule has 0 spiro atoms. The van der Waals surface area contributed by atoms with E-state index in [1.807, 2.05) is 19.1 Å². The van der Waals surface area contributed by atoms with Crippen LogP contribution in [0, 0.1) is 0 Å². The fourth-order valence-electron chi connectivity index (χ4n) is 4.86. The normalized spacial score (nSPS) is 15.2.